The minimum absolute atomic E-state index is 0.292. The summed E-state index contributed by atoms with van der Waals surface area (Å²) in [6.07, 6.45) is 13.6. The lowest BCUT2D eigenvalue weighted by Gasteiger charge is -2.17. The molecule has 1 aliphatic carbocycles. The van der Waals surface area contributed by atoms with Crippen LogP contribution in [0.4, 0.5) is 0 Å². The van der Waals surface area contributed by atoms with Gasteiger partial charge in [0.15, 0.2) is 5.82 Å². The van der Waals surface area contributed by atoms with Crippen LogP contribution in [0, 0.1) is 0 Å². The predicted molar refractivity (Wildman–Crippen MR) is 227 cm³/mol. The lowest BCUT2D eigenvalue weighted by molar-refractivity contribution is 0.909. The molecular weight excluding hydrogens is 655 g/mol. The van der Waals surface area contributed by atoms with Crippen LogP contribution in [-0.2, 0) is 0 Å². The van der Waals surface area contributed by atoms with Gasteiger partial charge in [0.05, 0.1) is 11.4 Å². The first-order chi connectivity index (χ1) is 26.7. The van der Waals surface area contributed by atoms with E-state index in [4.69, 9.17) is 9.97 Å². The molecule has 10 rings (SSSR count). The van der Waals surface area contributed by atoms with Gasteiger partial charge in [-0.2, -0.15) is 0 Å². The van der Waals surface area contributed by atoms with Crippen molar-refractivity contribution in [3.8, 4) is 33.8 Å². The van der Waals surface area contributed by atoms with Crippen molar-refractivity contribution in [2.45, 2.75) is 25.2 Å². The monoisotopic (exact) mass is 691 g/mol. The molecule has 0 saturated heterocycles. The molecule has 256 valence electrons. The van der Waals surface area contributed by atoms with E-state index in [0.29, 0.717) is 5.92 Å². The van der Waals surface area contributed by atoms with Gasteiger partial charge in [-0.25, -0.2) is 9.97 Å². The molecule has 1 aromatic heterocycles. The summed E-state index contributed by atoms with van der Waals surface area (Å²) in [6, 6.07) is 54.8. The molecule has 0 N–H and O–H groups in total. The van der Waals surface area contributed by atoms with Gasteiger partial charge in [-0.1, -0.05) is 140 Å². The van der Waals surface area contributed by atoms with Crippen LogP contribution in [0.2, 0.25) is 0 Å². The number of aromatic nitrogens is 2. The maximum absolute atomic E-state index is 5.32. The van der Waals surface area contributed by atoms with E-state index >= 15 is 0 Å². The molecule has 3 nitrogen and oxygen atoms in total. The number of nitrogens with zero attached hydrogens (tertiary/aromatic N) is 3. The number of allylic oxidation sites excluding steroid dienone is 5. The largest absolute Gasteiger partial charge is 0.269 e. The Kier molecular flexibility index (Phi) is 8.11. The summed E-state index contributed by atoms with van der Waals surface area (Å²) in [5, 5.41) is 7.51. The van der Waals surface area contributed by atoms with Crippen LogP contribution < -0.4 is 0 Å². The van der Waals surface area contributed by atoms with E-state index in [9.17, 15) is 0 Å². The lowest BCUT2D eigenvalue weighted by atomic mass is 9.90. The lowest BCUT2D eigenvalue weighted by Crippen LogP contribution is -2.02. The Morgan fingerprint density at radius 2 is 1.26 bits per heavy atom. The third-order valence-corrected chi connectivity index (χ3v) is 10.9. The Morgan fingerprint density at radius 3 is 2.11 bits per heavy atom. The van der Waals surface area contributed by atoms with Crippen molar-refractivity contribution < 1.29 is 0 Å². The summed E-state index contributed by atoms with van der Waals surface area (Å²) in [5.41, 5.74) is 11.2. The molecule has 1 aliphatic heterocycles. The minimum atomic E-state index is 0.292. The van der Waals surface area contributed by atoms with Crippen molar-refractivity contribution in [1.82, 2.24) is 9.97 Å². The molecule has 0 fully saturated rings. The highest BCUT2D eigenvalue weighted by molar-refractivity contribution is 6.13. The molecule has 0 spiro atoms. The van der Waals surface area contributed by atoms with Gasteiger partial charge in [-0.3, -0.25) is 4.99 Å². The zero-order valence-electron chi connectivity index (χ0n) is 29.9. The fourth-order valence-electron chi connectivity index (χ4n) is 8.09. The molecule has 0 amide bonds. The molecule has 8 aromatic rings. The molecule has 1 atom stereocenters. The van der Waals surface area contributed by atoms with Crippen LogP contribution in [0.5, 0.6) is 0 Å². The second-order valence-electron chi connectivity index (χ2n) is 14.3. The summed E-state index contributed by atoms with van der Waals surface area (Å²) in [7, 11) is 0. The van der Waals surface area contributed by atoms with Crippen molar-refractivity contribution in [1.29, 1.82) is 0 Å². The molecular formula is C51H37N3. The molecule has 3 heteroatoms. The van der Waals surface area contributed by atoms with Crippen LogP contribution in [0.1, 0.15) is 42.0 Å². The summed E-state index contributed by atoms with van der Waals surface area (Å²) in [6.45, 7) is 0. The molecule has 7 aromatic carbocycles. The highest BCUT2D eigenvalue weighted by Crippen LogP contribution is 2.38. The van der Waals surface area contributed by atoms with Crippen molar-refractivity contribution in [2.24, 2.45) is 4.99 Å². The van der Waals surface area contributed by atoms with E-state index in [0.717, 1.165) is 58.7 Å². The molecule has 1 unspecified atom stereocenters. The van der Waals surface area contributed by atoms with Gasteiger partial charge in [0.25, 0.3) is 0 Å². The Hall–Kier alpha value is -6.71. The van der Waals surface area contributed by atoms with Gasteiger partial charge < -0.3 is 0 Å². The predicted octanol–water partition coefficient (Wildman–Crippen LogP) is 13.3. The van der Waals surface area contributed by atoms with Crippen LogP contribution in [-0.4, -0.2) is 16.2 Å². The molecule has 0 radical (unpaired) electrons. The average molecular weight is 692 g/mol. The first-order valence-electron chi connectivity index (χ1n) is 18.8. The molecule has 54 heavy (non-hydrogen) atoms. The van der Waals surface area contributed by atoms with Crippen LogP contribution in [0.25, 0.3) is 77.2 Å². The van der Waals surface area contributed by atoms with Crippen molar-refractivity contribution in [3.05, 3.63) is 193 Å². The Morgan fingerprint density at radius 1 is 0.519 bits per heavy atom. The number of fused-ring (bicyclic) bond motifs is 4. The van der Waals surface area contributed by atoms with Gasteiger partial charge in [0.2, 0.25) is 0 Å². The van der Waals surface area contributed by atoms with Gasteiger partial charge >= 0.3 is 0 Å². The molecule has 0 bridgehead atoms. The summed E-state index contributed by atoms with van der Waals surface area (Å²) < 4.78 is 0. The fourth-order valence-corrected chi connectivity index (χ4v) is 8.09. The second-order valence-corrected chi connectivity index (χ2v) is 14.3. The third-order valence-electron chi connectivity index (χ3n) is 10.9. The summed E-state index contributed by atoms with van der Waals surface area (Å²) >= 11 is 0. The van der Waals surface area contributed by atoms with E-state index in [1.54, 1.807) is 0 Å². The average Bonchev–Trinajstić information content (AvgIpc) is 3.26. The van der Waals surface area contributed by atoms with Crippen molar-refractivity contribution in [2.75, 3.05) is 0 Å². The first kappa shape index (κ1) is 32.0. The van der Waals surface area contributed by atoms with E-state index in [1.165, 1.54) is 54.6 Å². The van der Waals surface area contributed by atoms with Crippen molar-refractivity contribution >= 4 is 49.7 Å². The standard InChI is InChI=1S/C51H37N3/c1-2-11-37-28-39(26-23-34(37)10-1)38-13-7-15-42(29-38)50-32-49(36-24-21-35(22-25-36)44-17-9-27-52-33-44)53-51(54-50)43-16-8-14-40(30-43)48-31-41-12-3-4-18-45(41)46-19-5-6-20-47(46)48/h1-6,8-12,14-16,18-33,44H,7,13,17H2. The smallest absolute Gasteiger partial charge is 0.160 e. The number of benzene rings is 7. The van der Waals surface area contributed by atoms with Gasteiger partial charge in [-0.15, -0.1) is 0 Å². The number of aliphatic imine (C=N–C) groups is 1. The van der Waals surface area contributed by atoms with Crippen LogP contribution in [0.15, 0.2) is 181 Å². The fraction of sp³-hybridized carbons (Fsp3) is 0.0784. The van der Waals surface area contributed by atoms with Crippen LogP contribution >= 0.6 is 0 Å². The number of hydrogen-bond donors (Lipinski definition) is 0. The van der Waals surface area contributed by atoms with E-state index < -0.39 is 0 Å². The number of hydrogen-bond acceptors (Lipinski definition) is 3. The third kappa shape index (κ3) is 6.04. The Labute approximate surface area is 315 Å². The highest BCUT2D eigenvalue weighted by atomic mass is 14.9. The zero-order valence-corrected chi connectivity index (χ0v) is 29.9. The maximum Gasteiger partial charge on any atom is 0.160 e. The quantitative estimate of drug-likeness (QED) is 0.163. The van der Waals surface area contributed by atoms with E-state index in [-0.39, 0.29) is 0 Å². The molecule has 0 saturated carbocycles. The number of rotatable bonds is 6. The van der Waals surface area contributed by atoms with E-state index in [1.807, 2.05) is 12.4 Å². The van der Waals surface area contributed by atoms with Crippen LogP contribution in [0.3, 0.4) is 0 Å². The molecule has 2 heterocycles. The topological polar surface area (TPSA) is 38.1 Å². The van der Waals surface area contributed by atoms with Gasteiger partial charge in [0, 0.05) is 29.5 Å². The summed E-state index contributed by atoms with van der Waals surface area (Å²) in [5.74, 6) is 1.01. The zero-order chi connectivity index (χ0) is 35.8. The second kappa shape index (κ2) is 13.7. The highest BCUT2D eigenvalue weighted by Gasteiger charge is 2.17. The normalized spacial score (nSPS) is 15.4. The Balaban J connectivity index is 1.09. The van der Waals surface area contributed by atoms with Gasteiger partial charge in [0.1, 0.15) is 0 Å². The SMILES string of the molecule is C1=CN=CC(c2ccc(-c3cc(C4=CCCC(c5ccc6ccccc6c5)=C4)nc(-c4cccc(-c5cc6ccccc6c6ccccc56)c4)n3)cc2)C1. The maximum atomic E-state index is 5.32. The van der Waals surface area contributed by atoms with Gasteiger partial charge in [-0.05, 0) is 115 Å². The first-order valence-corrected chi connectivity index (χ1v) is 18.8. The van der Waals surface area contributed by atoms with Crippen molar-refractivity contribution in [3.63, 3.8) is 0 Å². The minimum Gasteiger partial charge on any atom is -0.269 e. The summed E-state index contributed by atoms with van der Waals surface area (Å²) in [4.78, 5) is 15.0. The van der Waals surface area contributed by atoms with E-state index in [2.05, 4.69) is 175 Å². The molecule has 2 aliphatic rings. The Bertz CT molecular complexity index is 2860.